The van der Waals surface area contributed by atoms with Crippen molar-refractivity contribution in [1.29, 1.82) is 0 Å². The molecule has 17 nitrogen and oxygen atoms in total. The van der Waals surface area contributed by atoms with Gasteiger partial charge in [-0.2, -0.15) is 0 Å². The van der Waals surface area contributed by atoms with Crippen LogP contribution in [-0.4, -0.2) is 96.7 Å². The van der Waals surface area contributed by atoms with Gasteiger partial charge in [0.1, 0.15) is 19.3 Å². The first-order valence-electron chi connectivity index (χ1n) is 43.7. The monoisotopic (exact) mass is 1520 g/mol. The molecule has 0 aromatic rings. The molecule has 0 saturated heterocycles. The molecule has 3 unspecified atom stereocenters. The molecule has 0 fully saturated rings. The number of carbonyl (C=O) groups is 4. The van der Waals surface area contributed by atoms with Crippen LogP contribution >= 0.6 is 15.6 Å². The van der Waals surface area contributed by atoms with Crippen molar-refractivity contribution in [3.05, 3.63) is 0 Å². The molecule has 5 atom stereocenters. The lowest BCUT2D eigenvalue weighted by Crippen LogP contribution is -2.30. The number of hydrogen-bond acceptors (Lipinski definition) is 15. The van der Waals surface area contributed by atoms with Gasteiger partial charge in [0, 0.05) is 25.7 Å². The average Bonchev–Trinajstić information content (AvgIpc) is 0.905. The summed E-state index contributed by atoms with van der Waals surface area (Å²) in [4.78, 5) is 73.1. The Hall–Kier alpha value is -1.94. The first kappa shape index (κ1) is 102. The van der Waals surface area contributed by atoms with Gasteiger partial charge in [-0.05, 0) is 49.4 Å². The van der Waals surface area contributed by atoms with Crippen molar-refractivity contribution in [2.24, 2.45) is 23.7 Å². The summed E-state index contributed by atoms with van der Waals surface area (Å²) >= 11 is 0. The van der Waals surface area contributed by atoms with Gasteiger partial charge >= 0.3 is 39.5 Å². The van der Waals surface area contributed by atoms with Crippen LogP contribution in [0.2, 0.25) is 0 Å². The van der Waals surface area contributed by atoms with Gasteiger partial charge in [-0.3, -0.25) is 37.3 Å². The Kier molecular flexibility index (Phi) is 72.5. The number of carbonyl (C=O) groups excluding carboxylic acids is 4. The van der Waals surface area contributed by atoms with Crippen molar-refractivity contribution < 1.29 is 80.2 Å². The number of unbranched alkanes of at least 4 members (excludes halogenated alkanes) is 48. The number of phosphoric acid groups is 2. The summed E-state index contributed by atoms with van der Waals surface area (Å²) in [5.41, 5.74) is 0. The molecule has 0 rings (SSSR count). The van der Waals surface area contributed by atoms with Crippen LogP contribution in [0.25, 0.3) is 0 Å². The van der Waals surface area contributed by atoms with E-state index in [2.05, 4.69) is 55.4 Å². The van der Waals surface area contributed by atoms with Crippen LogP contribution in [0, 0.1) is 23.7 Å². The van der Waals surface area contributed by atoms with E-state index in [1.165, 1.54) is 238 Å². The Bertz CT molecular complexity index is 2020. The zero-order chi connectivity index (χ0) is 76.7. The molecule has 0 radical (unpaired) electrons. The molecule has 104 heavy (non-hydrogen) atoms. The molecular formula is C85H166O17P2. The first-order chi connectivity index (χ1) is 50.1. The number of aliphatic hydroxyl groups is 1. The fourth-order valence-corrected chi connectivity index (χ4v) is 14.7. The SMILES string of the molecule is CC(C)CCCCCCCCCCCCCCCCCCCCC(=O)O[C@H](COC(=O)CCCCCCCCC(C)C)COP(=O)(O)OCC(O)COP(=O)(O)OC[C@@H](COC(=O)CCCCCCCCCCCCCCCCC(C)C)OC(=O)CCCCCCCCCCCCCCCCC(C)C. The molecule has 0 saturated carbocycles. The van der Waals surface area contributed by atoms with Gasteiger partial charge in [-0.25, -0.2) is 9.13 Å². The highest BCUT2D eigenvalue weighted by atomic mass is 31.2. The van der Waals surface area contributed by atoms with Crippen LogP contribution in [0.5, 0.6) is 0 Å². The molecule has 0 aromatic heterocycles. The zero-order valence-electron chi connectivity index (χ0n) is 68.7. The largest absolute Gasteiger partial charge is 0.472 e. The number of phosphoric ester groups is 2. The van der Waals surface area contributed by atoms with Crippen molar-refractivity contribution >= 4 is 39.5 Å². The van der Waals surface area contributed by atoms with Crippen LogP contribution in [0.1, 0.15) is 441 Å². The number of ether oxygens (including phenoxy) is 4. The third kappa shape index (κ3) is 78.2. The van der Waals surface area contributed by atoms with Crippen LogP contribution in [0.3, 0.4) is 0 Å². The summed E-state index contributed by atoms with van der Waals surface area (Å²) < 4.78 is 68.8. The van der Waals surface area contributed by atoms with Gasteiger partial charge in [-0.15, -0.1) is 0 Å². The summed E-state index contributed by atoms with van der Waals surface area (Å²) in [6.45, 7) is 14.3. The Morgan fingerprint density at radius 3 is 0.596 bits per heavy atom. The van der Waals surface area contributed by atoms with Crippen LogP contribution < -0.4 is 0 Å². The molecule has 0 aromatic carbocycles. The molecule has 0 bridgehead atoms. The van der Waals surface area contributed by atoms with E-state index in [1.54, 1.807) is 0 Å². The van der Waals surface area contributed by atoms with E-state index in [-0.39, 0.29) is 25.7 Å². The fourth-order valence-electron chi connectivity index (χ4n) is 13.1. The van der Waals surface area contributed by atoms with Crippen LogP contribution in [0.4, 0.5) is 0 Å². The molecule has 0 aliphatic heterocycles. The number of esters is 4. The molecule has 0 spiro atoms. The maximum atomic E-state index is 13.1. The minimum Gasteiger partial charge on any atom is -0.462 e. The Labute approximate surface area is 638 Å². The second-order valence-corrected chi connectivity index (χ2v) is 35.4. The Morgan fingerprint density at radius 1 is 0.240 bits per heavy atom. The zero-order valence-corrected chi connectivity index (χ0v) is 70.5. The first-order valence-corrected chi connectivity index (χ1v) is 46.7. The van der Waals surface area contributed by atoms with Gasteiger partial charge < -0.3 is 33.8 Å². The van der Waals surface area contributed by atoms with E-state index in [0.29, 0.717) is 31.6 Å². The summed E-state index contributed by atoms with van der Waals surface area (Å²) in [6.07, 6.45) is 62.7. The standard InChI is InChI=1S/C85H166O17P2/c1-75(2)61-53-45-37-31-25-19-13-11-9-10-12-14-23-29-35-41-51-59-68-85(90)102-81(72-96-83(88)66-58-50-44-43-48-56-64-78(7)8)74-100-104(93,94)98-70-79(86)69-97-103(91,92)99-73-80(101-84(89)67-60-52-42-36-30-24-18-16-21-27-33-39-47-55-63-77(5)6)71-95-82(87)65-57-49-40-34-28-22-17-15-20-26-32-38-46-54-62-76(3)4/h75-81,86H,9-74H2,1-8H3,(H,91,92)(H,93,94)/t79?,80-,81-/m1/s1. The van der Waals surface area contributed by atoms with Gasteiger partial charge in [0.2, 0.25) is 0 Å². The third-order valence-electron chi connectivity index (χ3n) is 19.8. The Balaban J connectivity index is 5.20. The highest BCUT2D eigenvalue weighted by molar-refractivity contribution is 7.47. The normalized spacial score (nSPS) is 14.0. The van der Waals surface area contributed by atoms with E-state index in [4.69, 9.17) is 37.0 Å². The van der Waals surface area contributed by atoms with E-state index < -0.39 is 97.5 Å². The van der Waals surface area contributed by atoms with Crippen molar-refractivity contribution in [2.45, 2.75) is 459 Å². The van der Waals surface area contributed by atoms with E-state index in [9.17, 15) is 43.2 Å². The van der Waals surface area contributed by atoms with Crippen LogP contribution in [0.15, 0.2) is 0 Å². The predicted molar refractivity (Wildman–Crippen MR) is 428 cm³/mol. The minimum atomic E-state index is -4.96. The van der Waals surface area contributed by atoms with Gasteiger partial charge in [-0.1, -0.05) is 389 Å². The van der Waals surface area contributed by atoms with Crippen LogP contribution in [-0.2, 0) is 65.4 Å². The summed E-state index contributed by atoms with van der Waals surface area (Å²) in [7, 11) is -9.93. The Morgan fingerprint density at radius 2 is 0.404 bits per heavy atom. The topological polar surface area (TPSA) is 237 Å². The molecule has 0 aliphatic rings. The molecule has 0 heterocycles. The molecule has 0 amide bonds. The highest BCUT2D eigenvalue weighted by Gasteiger charge is 2.30. The lowest BCUT2D eigenvalue weighted by Gasteiger charge is -2.21. The number of aliphatic hydroxyl groups excluding tert-OH is 1. The summed E-state index contributed by atoms with van der Waals surface area (Å²) in [6, 6.07) is 0. The molecule has 618 valence electrons. The maximum Gasteiger partial charge on any atom is 0.472 e. The second-order valence-electron chi connectivity index (χ2n) is 32.5. The fraction of sp³-hybridized carbons (Fsp3) is 0.953. The van der Waals surface area contributed by atoms with Crippen molar-refractivity contribution in [2.75, 3.05) is 39.6 Å². The average molecular weight is 1520 g/mol. The highest BCUT2D eigenvalue weighted by Crippen LogP contribution is 2.45. The molecule has 19 heteroatoms. The van der Waals surface area contributed by atoms with Crippen molar-refractivity contribution in [1.82, 2.24) is 0 Å². The third-order valence-corrected chi connectivity index (χ3v) is 21.7. The molecule has 0 aliphatic carbocycles. The summed E-state index contributed by atoms with van der Waals surface area (Å²) in [5.74, 6) is 0.983. The minimum absolute atomic E-state index is 0.107. The van der Waals surface area contributed by atoms with Gasteiger partial charge in [0.05, 0.1) is 26.4 Å². The molecule has 3 N–H and O–H groups in total. The van der Waals surface area contributed by atoms with Gasteiger partial charge in [0.25, 0.3) is 0 Å². The van der Waals surface area contributed by atoms with Crippen molar-refractivity contribution in [3.63, 3.8) is 0 Å². The second kappa shape index (κ2) is 73.8. The van der Waals surface area contributed by atoms with Gasteiger partial charge in [0.15, 0.2) is 12.2 Å². The lowest BCUT2D eigenvalue weighted by atomic mass is 10.0. The molecular weight excluding hydrogens is 1350 g/mol. The summed E-state index contributed by atoms with van der Waals surface area (Å²) in [5, 5.41) is 10.7. The predicted octanol–water partition coefficient (Wildman–Crippen LogP) is 25.6. The lowest BCUT2D eigenvalue weighted by molar-refractivity contribution is -0.161. The number of rotatable bonds is 82. The smallest absolute Gasteiger partial charge is 0.462 e. The van der Waals surface area contributed by atoms with E-state index >= 15 is 0 Å². The number of hydrogen-bond donors (Lipinski definition) is 3. The van der Waals surface area contributed by atoms with E-state index in [0.717, 1.165) is 114 Å². The maximum absolute atomic E-state index is 13.1. The van der Waals surface area contributed by atoms with Crippen molar-refractivity contribution in [3.8, 4) is 0 Å². The van der Waals surface area contributed by atoms with E-state index in [1.807, 2.05) is 0 Å². The quantitative estimate of drug-likeness (QED) is 0.0222.